The highest BCUT2D eigenvalue weighted by Gasteiger charge is 2.20. The molecule has 3 N–H and O–H groups in total. The van der Waals surface area contributed by atoms with Crippen LogP contribution in [-0.2, 0) is 4.79 Å². The fourth-order valence-electron chi connectivity index (χ4n) is 2.14. The smallest absolute Gasteiger partial charge is 0.238 e. The second kappa shape index (κ2) is 8.48. The van der Waals surface area contributed by atoms with Gasteiger partial charge in [-0.3, -0.25) is 9.69 Å². The van der Waals surface area contributed by atoms with Gasteiger partial charge in [-0.05, 0) is 26.1 Å². The molecule has 1 amide bonds. The second-order valence-electron chi connectivity index (χ2n) is 5.98. The van der Waals surface area contributed by atoms with Crippen LogP contribution in [0.1, 0.15) is 18.8 Å². The lowest BCUT2D eigenvalue weighted by molar-refractivity contribution is -0.117. The molecule has 1 atom stereocenters. The Morgan fingerprint density at radius 3 is 2.38 bits per heavy atom. The predicted molar refractivity (Wildman–Crippen MR) is 105 cm³/mol. The Balaban J connectivity index is 2.09. The zero-order chi connectivity index (χ0) is 19.4. The molecule has 0 unspecified atom stereocenters. The minimum atomic E-state index is -0.260. The summed E-state index contributed by atoms with van der Waals surface area (Å²) in [5, 5.41) is 3.48. The van der Waals surface area contributed by atoms with E-state index in [0.717, 1.165) is 0 Å². The maximum absolute atomic E-state index is 12.3. The summed E-state index contributed by atoms with van der Waals surface area (Å²) in [6, 6.07) is 4.77. The van der Waals surface area contributed by atoms with Crippen LogP contribution < -0.4 is 16.0 Å². The Kier molecular flexibility index (Phi) is 6.57. The summed E-state index contributed by atoms with van der Waals surface area (Å²) < 4.78 is 0. The van der Waals surface area contributed by atoms with Crippen molar-refractivity contribution in [2.75, 3.05) is 43.6 Å². The highest BCUT2D eigenvalue weighted by atomic mass is 35.5. The number of nitrogens with two attached hydrogens (primary N) is 1. The fourth-order valence-corrected chi connectivity index (χ4v) is 2.63. The molecule has 0 aliphatic carbocycles. The number of carbonyl (C=O) groups excluding carboxylic acids is 1. The highest BCUT2D eigenvalue weighted by Crippen LogP contribution is 2.29. The Morgan fingerprint density at radius 2 is 1.81 bits per heavy atom. The fraction of sp³-hybridized carbons (Fsp3) is 0.375. The second-order valence-corrected chi connectivity index (χ2v) is 6.80. The van der Waals surface area contributed by atoms with E-state index in [4.69, 9.17) is 28.9 Å². The lowest BCUT2D eigenvalue weighted by Crippen LogP contribution is -2.33. The summed E-state index contributed by atoms with van der Waals surface area (Å²) in [6.07, 6.45) is 0. The molecule has 1 heterocycles. The van der Waals surface area contributed by atoms with Crippen molar-refractivity contribution in [3.05, 3.63) is 34.1 Å². The summed E-state index contributed by atoms with van der Waals surface area (Å²) in [4.78, 5) is 28.5. The number of nitrogens with zero attached hydrogens (tertiary/aromatic N) is 5. The molecule has 2 rings (SSSR count). The Morgan fingerprint density at radius 1 is 1.19 bits per heavy atom. The Hall–Kier alpha value is -2.16. The van der Waals surface area contributed by atoms with Crippen molar-refractivity contribution in [1.82, 2.24) is 19.9 Å². The molecule has 1 aromatic heterocycles. The van der Waals surface area contributed by atoms with E-state index >= 15 is 0 Å². The summed E-state index contributed by atoms with van der Waals surface area (Å²) in [5.41, 5.74) is 6.15. The Labute approximate surface area is 162 Å². The molecule has 10 heteroatoms. The number of rotatable bonds is 6. The number of nitrogens with one attached hydrogen (secondary N) is 1. The molecule has 0 bridgehead atoms. The third-order valence-corrected chi connectivity index (χ3v) is 4.34. The molecule has 8 nitrogen and oxygen atoms in total. The number of hydrogen-bond acceptors (Lipinski definition) is 7. The van der Waals surface area contributed by atoms with E-state index < -0.39 is 0 Å². The number of likely N-dealkylation sites (N-methyl/N-ethyl adjacent to an activating group) is 1. The molecule has 1 aromatic carbocycles. The summed E-state index contributed by atoms with van der Waals surface area (Å²) in [7, 11) is 5.41. The molecule has 0 aliphatic rings. The quantitative estimate of drug-likeness (QED) is 0.771. The predicted octanol–water partition coefficient (Wildman–Crippen LogP) is 2.46. The number of benzene rings is 1. The minimum absolute atomic E-state index is 0.0889. The molecule has 0 saturated carbocycles. The molecule has 0 saturated heterocycles. The number of nitrogen functional groups attached to an aromatic ring is 1. The maximum Gasteiger partial charge on any atom is 0.238 e. The maximum atomic E-state index is 12.3. The molecular weight excluding hydrogens is 377 g/mol. The molecule has 140 valence electrons. The van der Waals surface area contributed by atoms with Crippen LogP contribution in [0, 0.1) is 0 Å². The monoisotopic (exact) mass is 397 g/mol. The van der Waals surface area contributed by atoms with E-state index in [0.29, 0.717) is 27.5 Å². The van der Waals surface area contributed by atoms with Gasteiger partial charge in [-0.15, -0.1) is 0 Å². The first-order valence-electron chi connectivity index (χ1n) is 7.82. The van der Waals surface area contributed by atoms with Crippen molar-refractivity contribution in [2.45, 2.75) is 13.0 Å². The number of hydrogen-bond donors (Lipinski definition) is 2. The van der Waals surface area contributed by atoms with Gasteiger partial charge in [0.1, 0.15) is 0 Å². The summed E-state index contributed by atoms with van der Waals surface area (Å²) >= 11 is 12.1. The van der Waals surface area contributed by atoms with Crippen molar-refractivity contribution in [2.24, 2.45) is 0 Å². The van der Waals surface area contributed by atoms with Crippen LogP contribution in [0.3, 0.4) is 0 Å². The van der Waals surface area contributed by atoms with Gasteiger partial charge < -0.3 is 16.0 Å². The lowest BCUT2D eigenvalue weighted by atomic mass is 10.2. The van der Waals surface area contributed by atoms with Crippen molar-refractivity contribution in [1.29, 1.82) is 0 Å². The molecule has 2 aromatic rings. The first-order chi connectivity index (χ1) is 12.2. The number of halogens is 2. The number of anilines is 3. The van der Waals surface area contributed by atoms with Gasteiger partial charge in [0, 0.05) is 14.1 Å². The lowest BCUT2D eigenvalue weighted by Gasteiger charge is -2.24. The number of amides is 1. The first kappa shape index (κ1) is 20.2. The van der Waals surface area contributed by atoms with Gasteiger partial charge >= 0.3 is 0 Å². The molecule has 0 spiro atoms. The third kappa shape index (κ3) is 4.94. The van der Waals surface area contributed by atoms with E-state index in [1.807, 2.05) is 21.0 Å². The van der Waals surface area contributed by atoms with Gasteiger partial charge in [0.05, 0.1) is 28.3 Å². The third-order valence-electron chi connectivity index (χ3n) is 3.71. The topological polar surface area (TPSA) is 100 Å². The molecule has 0 aliphatic heterocycles. The zero-order valence-corrected chi connectivity index (χ0v) is 16.5. The van der Waals surface area contributed by atoms with Gasteiger partial charge in [-0.25, -0.2) is 0 Å². The molecule has 0 radical (unpaired) electrons. The number of para-hydroxylation sites is 1. The molecular formula is C16H21Cl2N7O. The first-order valence-corrected chi connectivity index (χ1v) is 8.57. The van der Waals surface area contributed by atoms with E-state index in [9.17, 15) is 4.79 Å². The van der Waals surface area contributed by atoms with Gasteiger partial charge in [0.15, 0.2) is 5.82 Å². The van der Waals surface area contributed by atoms with Gasteiger partial charge in [-0.1, -0.05) is 29.3 Å². The van der Waals surface area contributed by atoms with Crippen molar-refractivity contribution in [3.63, 3.8) is 0 Å². The SMILES string of the molecule is C[C@@H](c1nc(N)nc(N(C)C)n1)N(C)CC(=O)Nc1c(Cl)cccc1Cl. The normalized spacial score (nSPS) is 12.1. The van der Waals surface area contributed by atoms with E-state index in [-0.39, 0.29) is 24.4 Å². The van der Waals surface area contributed by atoms with Gasteiger partial charge in [0.25, 0.3) is 0 Å². The van der Waals surface area contributed by atoms with Crippen LogP contribution in [0.2, 0.25) is 10.0 Å². The largest absolute Gasteiger partial charge is 0.368 e. The van der Waals surface area contributed by atoms with Crippen LogP contribution in [0.25, 0.3) is 0 Å². The molecule has 0 fully saturated rings. The minimum Gasteiger partial charge on any atom is -0.368 e. The summed E-state index contributed by atoms with van der Waals surface area (Å²) in [5.74, 6) is 0.808. The molecule has 26 heavy (non-hydrogen) atoms. The Bertz CT molecular complexity index is 780. The van der Waals surface area contributed by atoms with Gasteiger partial charge in [-0.2, -0.15) is 15.0 Å². The van der Waals surface area contributed by atoms with E-state index in [1.54, 1.807) is 35.0 Å². The van der Waals surface area contributed by atoms with E-state index in [2.05, 4.69) is 20.3 Å². The average Bonchev–Trinajstić information content (AvgIpc) is 2.57. The van der Waals surface area contributed by atoms with Gasteiger partial charge in [0.2, 0.25) is 17.8 Å². The average molecular weight is 398 g/mol. The van der Waals surface area contributed by atoms with Crippen molar-refractivity contribution in [3.8, 4) is 0 Å². The van der Waals surface area contributed by atoms with Crippen LogP contribution in [0.5, 0.6) is 0 Å². The number of aromatic nitrogens is 3. The van der Waals surface area contributed by atoms with Crippen LogP contribution in [-0.4, -0.2) is 53.4 Å². The zero-order valence-electron chi connectivity index (χ0n) is 15.0. The highest BCUT2D eigenvalue weighted by molar-refractivity contribution is 6.39. The standard InChI is InChI=1S/C16H21Cl2N7O/c1-9(14-21-15(19)23-16(22-14)24(2)3)25(4)8-12(26)20-13-10(17)6-5-7-11(13)18/h5-7,9H,8H2,1-4H3,(H,20,26)(H2,19,21,22,23)/t9-/m0/s1. The van der Waals surface area contributed by atoms with Crippen LogP contribution in [0.15, 0.2) is 18.2 Å². The van der Waals surface area contributed by atoms with Crippen LogP contribution in [0.4, 0.5) is 17.6 Å². The van der Waals surface area contributed by atoms with Crippen molar-refractivity contribution < 1.29 is 4.79 Å². The van der Waals surface area contributed by atoms with E-state index in [1.165, 1.54) is 0 Å². The van der Waals surface area contributed by atoms with Crippen LogP contribution >= 0.6 is 23.2 Å². The van der Waals surface area contributed by atoms with Crippen molar-refractivity contribution >= 4 is 46.7 Å². The summed E-state index contributed by atoms with van der Waals surface area (Å²) in [6.45, 7) is 1.97. The number of carbonyl (C=O) groups is 1.